The zero-order valence-corrected chi connectivity index (χ0v) is 18.3. The van der Waals surface area contributed by atoms with Gasteiger partial charge in [-0.05, 0) is 19.8 Å². The molecule has 0 aromatic carbocycles. The molecule has 1 aliphatic heterocycles. The second kappa shape index (κ2) is 12.0. The minimum atomic E-state index is -0.640. The maximum Gasteiger partial charge on any atom is 0.260 e. The number of carbonyl (C=O) groups excluding carboxylic acids is 2. The molecule has 0 aliphatic carbocycles. The maximum atomic E-state index is 12.2. The second-order valence-electron chi connectivity index (χ2n) is 6.38. The van der Waals surface area contributed by atoms with Crippen molar-refractivity contribution in [2.24, 2.45) is 11.5 Å². The van der Waals surface area contributed by atoms with E-state index in [2.05, 4.69) is 15.6 Å². The Hall–Kier alpha value is -1.85. The Kier molecular flexibility index (Phi) is 11.2. The average molecular weight is 471 g/mol. The fraction of sp³-hybridized carbons (Fsp3) is 0.500. The van der Waals surface area contributed by atoms with E-state index in [1.807, 2.05) is 4.68 Å². The number of halogens is 3. The van der Waals surface area contributed by atoms with Gasteiger partial charge in [-0.15, -0.1) is 37.2 Å². The van der Waals surface area contributed by atoms with Gasteiger partial charge >= 0.3 is 0 Å². The van der Waals surface area contributed by atoms with Gasteiger partial charge in [0.25, 0.3) is 5.91 Å². The Bertz CT molecular complexity index is 790. The Morgan fingerprint density at radius 2 is 1.97 bits per heavy atom. The van der Waals surface area contributed by atoms with Crippen molar-refractivity contribution in [2.75, 3.05) is 25.0 Å². The molecule has 0 bridgehead atoms. The predicted molar refractivity (Wildman–Crippen MR) is 115 cm³/mol. The van der Waals surface area contributed by atoms with E-state index in [4.69, 9.17) is 16.0 Å². The van der Waals surface area contributed by atoms with Gasteiger partial charge in [0.05, 0.1) is 29.7 Å². The highest BCUT2D eigenvalue weighted by atomic mass is 35.5. The topological polar surface area (TPSA) is 145 Å². The molecule has 5 N–H and O–H groups in total. The molecule has 3 rings (SSSR count). The van der Waals surface area contributed by atoms with Crippen molar-refractivity contribution < 1.29 is 14.1 Å². The molecule has 1 atom stereocenters. The van der Waals surface area contributed by atoms with Crippen molar-refractivity contribution in [3.63, 3.8) is 0 Å². The number of hydrogen-bond acceptors (Lipinski definition) is 7. The average Bonchev–Trinajstić information content (AvgIpc) is 3.29. The summed E-state index contributed by atoms with van der Waals surface area (Å²) in [6.07, 6.45) is 6.23. The molecule has 13 heteroatoms. The van der Waals surface area contributed by atoms with Gasteiger partial charge in [0.2, 0.25) is 5.91 Å². The lowest BCUT2D eigenvalue weighted by Crippen LogP contribution is -2.50. The zero-order valence-electron chi connectivity index (χ0n) is 15.8. The Morgan fingerprint density at radius 3 is 2.52 bits per heavy atom. The van der Waals surface area contributed by atoms with Gasteiger partial charge in [-0.3, -0.25) is 14.3 Å². The van der Waals surface area contributed by atoms with Crippen LogP contribution in [0.5, 0.6) is 0 Å². The molecule has 0 unspecified atom stereocenters. The highest BCUT2D eigenvalue weighted by Crippen LogP contribution is 2.23. The summed E-state index contributed by atoms with van der Waals surface area (Å²) < 4.78 is 6.60. The van der Waals surface area contributed by atoms with Crippen molar-refractivity contribution in [2.45, 2.75) is 31.8 Å². The monoisotopic (exact) mass is 469 g/mol. The van der Waals surface area contributed by atoms with Gasteiger partial charge in [-0.2, -0.15) is 5.10 Å². The van der Waals surface area contributed by atoms with Crippen LogP contribution in [0.1, 0.15) is 34.9 Å². The van der Waals surface area contributed by atoms with Crippen molar-refractivity contribution in [3.8, 4) is 0 Å². The van der Waals surface area contributed by atoms with Crippen molar-refractivity contribution >= 4 is 54.7 Å². The van der Waals surface area contributed by atoms with Crippen LogP contribution >= 0.6 is 37.2 Å². The van der Waals surface area contributed by atoms with Crippen LogP contribution in [0.15, 0.2) is 23.2 Å². The van der Waals surface area contributed by atoms with E-state index in [-0.39, 0.29) is 61.6 Å². The van der Waals surface area contributed by atoms with Gasteiger partial charge in [-0.25, -0.2) is 0 Å². The Labute approximate surface area is 186 Å². The summed E-state index contributed by atoms with van der Waals surface area (Å²) in [5.74, 6) is -0.400. The smallest absolute Gasteiger partial charge is 0.260 e. The number of nitrogens with zero attached hydrogens (tertiary/aromatic N) is 4. The van der Waals surface area contributed by atoms with Crippen LogP contribution in [0.25, 0.3) is 0 Å². The third kappa shape index (κ3) is 6.31. The molecular weight excluding hydrogens is 445 g/mol. The number of piperidine rings is 1. The third-order valence-electron chi connectivity index (χ3n) is 4.58. The number of rotatable bonds is 5. The normalized spacial score (nSPS) is 14.8. The number of amides is 2. The molecule has 0 saturated carbocycles. The first kappa shape index (κ1) is 27.1. The largest absolute Gasteiger partial charge is 0.364 e. The minimum Gasteiger partial charge on any atom is -0.364 e. The number of hydrogen-bond donors (Lipinski definition) is 3. The molecular formula is C16H26Cl3N7O3. The van der Waals surface area contributed by atoms with E-state index in [0.717, 1.165) is 12.8 Å². The first-order chi connectivity index (χ1) is 12.5. The summed E-state index contributed by atoms with van der Waals surface area (Å²) in [5.41, 5.74) is 12.7. The summed E-state index contributed by atoms with van der Waals surface area (Å²) >= 11 is 0. The quantitative estimate of drug-likeness (QED) is 0.594. The van der Waals surface area contributed by atoms with Crippen LogP contribution in [0.4, 0.5) is 5.69 Å². The molecule has 2 amide bonds. The number of nitrogens with one attached hydrogen (secondary N) is 1. The van der Waals surface area contributed by atoms with Gasteiger partial charge < -0.3 is 26.2 Å². The van der Waals surface area contributed by atoms with Crippen LogP contribution in [-0.2, 0) is 4.79 Å². The SMILES string of the molecule is Cc1nocc1C(=O)Nc1cnn(C2CCN(C(=O)[C@@H](N)CN)CC2)c1.Cl.Cl.Cl. The minimum absolute atomic E-state index is 0. The number of likely N-dealkylation sites (tertiary alicyclic amines) is 1. The Balaban J connectivity index is 0.00000261. The fourth-order valence-electron chi connectivity index (χ4n) is 3.00. The lowest BCUT2D eigenvalue weighted by atomic mass is 10.0. The molecule has 29 heavy (non-hydrogen) atoms. The molecule has 1 fully saturated rings. The number of aromatic nitrogens is 3. The van der Waals surface area contributed by atoms with Crippen LogP contribution in [0, 0.1) is 6.92 Å². The van der Waals surface area contributed by atoms with Gasteiger partial charge in [0.15, 0.2) is 0 Å². The van der Waals surface area contributed by atoms with Crippen molar-refractivity contribution in [1.29, 1.82) is 0 Å². The molecule has 2 aromatic heterocycles. The number of nitrogens with two attached hydrogens (primary N) is 2. The van der Waals surface area contributed by atoms with Gasteiger partial charge in [0.1, 0.15) is 11.8 Å². The molecule has 0 radical (unpaired) electrons. The van der Waals surface area contributed by atoms with Crippen LogP contribution in [0.2, 0.25) is 0 Å². The summed E-state index contributed by atoms with van der Waals surface area (Å²) in [4.78, 5) is 26.0. The summed E-state index contributed by atoms with van der Waals surface area (Å²) in [7, 11) is 0. The lowest BCUT2D eigenvalue weighted by Gasteiger charge is -2.33. The van der Waals surface area contributed by atoms with Gasteiger partial charge in [0, 0.05) is 25.8 Å². The zero-order chi connectivity index (χ0) is 18.7. The summed E-state index contributed by atoms with van der Waals surface area (Å²) in [6, 6.07) is -0.477. The summed E-state index contributed by atoms with van der Waals surface area (Å²) in [5, 5.41) is 10.8. The highest BCUT2D eigenvalue weighted by Gasteiger charge is 2.27. The first-order valence-electron chi connectivity index (χ1n) is 8.50. The van der Waals surface area contributed by atoms with Crippen molar-refractivity contribution in [1.82, 2.24) is 19.8 Å². The second-order valence-corrected chi connectivity index (χ2v) is 6.38. The Morgan fingerprint density at radius 1 is 1.31 bits per heavy atom. The van der Waals surface area contributed by atoms with Gasteiger partial charge in [-0.1, -0.05) is 5.16 Å². The van der Waals surface area contributed by atoms with Crippen LogP contribution in [0.3, 0.4) is 0 Å². The highest BCUT2D eigenvalue weighted by molar-refractivity contribution is 6.04. The first-order valence-corrected chi connectivity index (χ1v) is 8.50. The van der Waals surface area contributed by atoms with E-state index >= 15 is 0 Å². The molecule has 1 saturated heterocycles. The van der Waals surface area contributed by atoms with E-state index in [1.54, 1.807) is 24.2 Å². The van der Waals surface area contributed by atoms with Crippen LogP contribution in [-0.4, -0.2) is 57.3 Å². The molecule has 10 nitrogen and oxygen atoms in total. The van der Waals surface area contributed by atoms with Crippen molar-refractivity contribution in [3.05, 3.63) is 29.9 Å². The van der Waals surface area contributed by atoms with E-state index < -0.39 is 6.04 Å². The van der Waals surface area contributed by atoms with E-state index in [0.29, 0.717) is 30.0 Å². The third-order valence-corrected chi connectivity index (χ3v) is 4.58. The molecule has 2 aromatic rings. The van der Waals surface area contributed by atoms with E-state index in [9.17, 15) is 9.59 Å². The van der Waals surface area contributed by atoms with E-state index in [1.165, 1.54) is 6.26 Å². The molecule has 3 heterocycles. The number of anilines is 1. The van der Waals surface area contributed by atoms with Crippen LogP contribution < -0.4 is 16.8 Å². The standard InChI is InChI=1S/C16H23N7O3.3ClH/c1-10-13(9-26-21-10)15(24)20-11-7-19-23(8-11)12-2-4-22(5-3-12)16(25)14(18)6-17;;;/h7-9,12,14H,2-6,17-18H2,1H3,(H,20,24);3*1H/t14-;;;/m0.../s1. The number of aryl methyl sites for hydroxylation is 1. The molecule has 164 valence electrons. The molecule has 1 aliphatic rings. The number of carbonyl (C=O) groups is 2. The summed E-state index contributed by atoms with van der Waals surface area (Å²) in [6.45, 7) is 3.07. The predicted octanol–water partition coefficient (Wildman–Crippen LogP) is 1.15. The fourth-order valence-corrected chi connectivity index (χ4v) is 3.00. The lowest BCUT2D eigenvalue weighted by molar-refractivity contribution is -0.133. The maximum absolute atomic E-state index is 12.2. The molecule has 0 spiro atoms.